The molecule has 0 aliphatic rings. The average molecular weight is 379 g/mol. The number of carboxylic acids is 2. The molecule has 0 spiro atoms. The maximum Gasteiger partial charge on any atom is 0.303 e. The largest absolute Gasteiger partial charge is 0.481 e. The fraction of sp³-hybridized carbons (Fsp3) is 0.900. The monoisotopic (exact) mass is 378 g/mol. The molecule has 1 unspecified atom stereocenters. The smallest absolute Gasteiger partial charge is 0.303 e. The molecule has 4 N–H and O–H groups in total. The number of carbonyl (C=O) groups is 2. The molecular formula is C20H42O6. The van der Waals surface area contributed by atoms with E-state index in [1.165, 1.54) is 12.8 Å². The molecule has 0 amide bonds. The molecule has 0 aliphatic carbocycles. The van der Waals surface area contributed by atoms with Gasteiger partial charge in [-0.2, -0.15) is 0 Å². The Balaban J connectivity index is -0.000000306. The number of rotatable bonds is 14. The molecular weight excluding hydrogens is 336 g/mol. The highest BCUT2D eigenvalue weighted by atomic mass is 16.4. The Morgan fingerprint density at radius 1 is 0.731 bits per heavy atom. The highest BCUT2D eigenvalue weighted by molar-refractivity contribution is 5.66. The van der Waals surface area contributed by atoms with E-state index >= 15 is 0 Å². The molecule has 0 aromatic heterocycles. The van der Waals surface area contributed by atoms with Gasteiger partial charge in [-0.15, -0.1) is 0 Å². The van der Waals surface area contributed by atoms with Crippen LogP contribution in [-0.4, -0.2) is 45.1 Å². The first kappa shape index (κ1) is 29.6. The van der Waals surface area contributed by atoms with Gasteiger partial charge in [-0.1, -0.05) is 52.4 Å². The highest BCUT2D eigenvalue weighted by Crippen LogP contribution is 2.02. The Labute approximate surface area is 159 Å². The fourth-order valence-electron chi connectivity index (χ4n) is 1.96. The van der Waals surface area contributed by atoms with Gasteiger partial charge in [-0.05, 0) is 39.0 Å². The molecule has 26 heavy (non-hydrogen) atoms. The predicted octanol–water partition coefficient (Wildman–Crippen LogP) is 4.61. The Morgan fingerprint density at radius 2 is 1.15 bits per heavy atom. The molecule has 158 valence electrons. The van der Waals surface area contributed by atoms with Gasteiger partial charge in [0, 0.05) is 19.4 Å². The quantitative estimate of drug-likeness (QED) is 0.328. The minimum absolute atomic E-state index is 0.207. The number of hydrogen-bond acceptors (Lipinski definition) is 4. The molecule has 0 aliphatic heterocycles. The maximum atomic E-state index is 9.96. The summed E-state index contributed by atoms with van der Waals surface area (Å²) in [4.78, 5) is 19.9. The van der Waals surface area contributed by atoms with E-state index in [1.54, 1.807) is 6.92 Å². The van der Waals surface area contributed by atoms with Crippen LogP contribution in [0.5, 0.6) is 0 Å². The van der Waals surface area contributed by atoms with Crippen LogP contribution >= 0.6 is 0 Å². The Morgan fingerprint density at radius 3 is 1.42 bits per heavy atom. The van der Waals surface area contributed by atoms with Crippen molar-refractivity contribution in [3.63, 3.8) is 0 Å². The zero-order valence-corrected chi connectivity index (χ0v) is 17.1. The molecule has 0 aromatic rings. The van der Waals surface area contributed by atoms with Gasteiger partial charge in [0.1, 0.15) is 0 Å². The third kappa shape index (κ3) is 43.4. The van der Waals surface area contributed by atoms with Gasteiger partial charge in [0.15, 0.2) is 0 Å². The van der Waals surface area contributed by atoms with Crippen LogP contribution in [0.1, 0.15) is 104 Å². The third-order valence-corrected chi connectivity index (χ3v) is 3.52. The molecule has 0 aromatic carbocycles. The van der Waals surface area contributed by atoms with E-state index < -0.39 is 11.9 Å². The number of aliphatic hydroxyl groups is 2. The molecule has 0 saturated heterocycles. The number of aliphatic carboxylic acids is 2. The summed E-state index contributed by atoms with van der Waals surface area (Å²) in [5, 5.41) is 33.4. The van der Waals surface area contributed by atoms with E-state index in [4.69, 9.17) is 20.4 Å². The van der Waals surface area contributed by atoms with Crippen LogP contribution < -0.4 is 0 Å². The lowest BCUT2D eigenvalue weighted by atomic mass is 10.2. The van der Waals surface area contributed by atoms with Crippen LogP contribution in [0.2, 0.25) is 0 Å². The summed E-state index contributed by atoms with van der Waals surface area (Å²) < 4.78 is 0. The zero-order chi connectivity index (χ0) is 20.6. The van der Waals surface area contributed by atoms with E-state index in [0.717, 1.165) is 57.8 Å². The maximum absolute atomic E-state index is 9.96. The SMILES string of the molecule is CC(O)CCCCO.CCCCCCC(=O)O.CCCCCCC(=O)O. The van der Waals surface area contributed by atoms with Crippen molar-refractivity contribution >= 4 is 11.9 Å². The zero-order valence-electron chi connectivity index (χ0n) is 17.1. The standard InChI is InChI=1S/2C7H14O2.C6H14O2/c2*1-2-3-4-5-6-7(8)9;1-6(8)4-2-3-5-7/h2*2-6H2,1H3,(H,8,9);6-8H,2-5H2,1H3. The first-order valence-electron chi connectivity index (χ1n) is 10.0. The molecule has 6 heteroatoms. The van der Waals surface area contributed by atoms with Crippen molar-refractivity contribution in [3.8, 4) is 0 Å². The molecule has 0 fully saturated rings. The summed E-state index contributed by atoms with van der Waals surface area (Å²) in [6.07, 6.45) is 11.4. The van der Waals surface area contributed by atoms with Crippen molar-refractivity contribution in [3.05, 3.63) is 0 Å². The minimum atomic E-state index is -0.675. The van der Waals surface area contributed by atoms with Crippen LogP contribution in [0.3, 0.4) is 0 Å². The van der Waals surface area contributed by atoms with Crippen molar-refractivity contribution in [1.29, 1.82) is 0 Å². The second-order valence-electron chi connectivity index (χ2n) is 6.48. The molecule has 6 nitrogen and oxygen atoms in total. The van der Waals surface area contributed by atoms with Gasteiger partial charge >= 0.3 is 11.9 Å². The van der Waals surface area contributed by atoms with Crippen LogP contribution in [0.15, 0.2) is 0 Å². The van der Waals surface area contributed by atoms with Crippen molar-refractivity contribution < 1.29 is 30.0 Å². The van der Waals surface area contributed by atoms with Crippen molar-refractivity contribution in [2.24, 2.45) is 0 Å². The van der Waals surface area contributed by atoms with E-state index in [1.807, 2.05) is 0 Å². The normalized spacial score (nSPS) is 10.8. The Hall–Kier alpha value is -1.14. The molecule has 0 saturated carbocycles. The number of unbranched alkanes of at least 4 members (excludes halogenated alkanes) is 7. The summed E-state index contributed by atoms with van der Waals surface area (Å²) in [5.41, 5.74) is 0. The number of carboxylic acid groups (broad SMARTS) is 2. The van der Waals surface area contributed by atoms with Crippen LogP contribution in [0, 0.1) is 0 Å². The molecule has 0 heterocycles. The summed E-state index contributed by atoms with van der Waals surface area (Å²) in [6.45, 7) is 6.23. The molecule has 0 bridgehead atoms. The lowest BCUT2D eigenvalue weighted by Gasteiger charge is -1.99. The Bertz CT molecular complexity index is 270. The molecule has 1 atom stereocenters. The molecule has 0 rings (SSSR count). The second-order valence-corrected chi connectivity index (χ2v) is 6.48. The van der Waals surface area contributed by atoms with Gasteiger partial charge < -0.3 is 20.4 Å². The van der Waals surface area contributed by atoms with Crippen LogP contribution in [-0.2, 0) is 9.59 Å². The van der Waals surface area contributed by atoms with Gasteiger partial charge in [0.05, 0.1) is 6.10 Å². The summed E-state index contributed by atoms with van der Waals surface area (Å²) in [7, 11) is 0. The highest BCUT2D eigenvalue weighted by Gasteiger charge is 1.95. The van der Waals surface area contributed by atoms with E-state index in [0.29, 0.717) is 12.8 Å². The van der Waals surface area contributed by atoms with Gasteiger partial charge in [0.25, 0.3) is 0 Å². The number of hydrogen-bond donors (Lipinski definition) is 4. The fourth-order valence-corrected chi connectivity index (χ4v) is 1.96. The average Bonchev–Trinajstić information content (AvgIpc) is 2.56. The van der Waals surface area contributed by atoms with Gasteiger partial charge in [0.2, 0.25) is 0 Å². The third-order valence-electron chi connectivity index (χ3n) is 3.52. The van der Waals surface area contributed by atoms with E-state index in [-0.39, 0.29) is 12.7 Å². The number of aliphatic hydroxyl groups excluding tert-OH is 2. The lowest BCUT2D eigenvalue weighted by molar-refractivity contribution is -0.138. The summed E-state index contributed by atoms with van der Waals surface area (Å²) >= 11 is 0. The van der Waals surface area contributed by atoms with E-state index in [9.17, 15) is 9.59 Å². The first-order valence-corrected chi connectivity index (χ1v) is 10.0. The predicted molar refractivity (Wildman–Crippen MR) is 105 cm³/mol. The minimum Gasteiger partial charge on any atom is -0.481 e. The first-order chi connectivity index (χ1) is 12.3. The topological polar surface area (TPSA) is 115 Å². The molecule has 0 radical (unpaired) electrons. The Kier molecular flexibility index (Phi) is 29.7. The summed E-state index contributed by atoms with van der Waals surface area (Å²) in [5.74, 6) is -1.35. The lowest BCUT2D eigenvalue weighted by Crippen LogP contribution is -1.98. The van der Waals surface area contributed by atoms with Crippen molar-refractivity contribution in [2.75, 3.05) is 6.61 Å². The van der Waals surface area contributed by atoms with Crippen LogP contribution in [0.4, 0.5) is 0 Å². The summed E-state index contributed by atoms with van der Waals surface area (Å²) in [6, 6.07) is 0. The van der Waals surface area contributed by atoms with E-state index in [2.05, 4.69) is 13.8 Å². The van der Waals surface area contributed by atoms with Crippen molar-refractivity contribution in [2.45, 2.75) is 110 Å². The second kappa shape index (κ2) is 26.1. The van der Waals surface area contributed by atoms with Crippen LogP contribution in [0.25, 0.3) is 0 Å². The van der Waals surface area contributed by atoms with Gasteiger partial charge in [-0.25, -0.2) is 0 Å². The van der Waals surface area contributed by atoms with Gasteiger partial charge in [-0.3, -0.25) is 9.59 Å². The van der Waals surface area contributed by atoms with Crippen molar-refractivity contribution in [1.82, 2.24) is 0 Å².